The Kier molecular flexibility index (Phi) is 7.36. The third-order valence-corrected chi connectivity index (χ3v) is 5.29. The largest absolute Gasteiger partial charge is 0.339 e. The molecule has 3 rings (SSSR count). The minimum atomic E-state index is 0.189. The van der Waals surface area contributed by atoms with Crippen molar-refractivity contribution in [3.8, 4) is 6.07 Å². The quantitative estimate of drug-likeness (QED) is 0.683. The summed E-state index contributed by atoms with van der Waals surface area (Å²) in [5.74, 6) is 1.58. The van der Waals surface area contributed by atoms with E-state index in [1.165, 1.54) is 5.56 Å². The number of benzene rings is 1. The van der Waals surface area contributed by atoms with Gasteiger partial charge in [0.2, 0.25) is 11.8 Å². The molecule has 1 aliphatic rings. The minimum absolute atomic E-state index is 0.189. The van der Waals surface area contributed by atoms with Crippen LogP contribution in [0.3, 0.4) is 0 Å². The predicted molar refractivity (Wildman–Crippen MR) is 109 cm³/mol. The number of nitrogens with zero attached hydrogens (tertiary/aromatic N) is 5. The van der Waals surface area contributed by atoms with Gasteiger partial charge in [-0.15, -0.1) is 0 Å². The third-order valence-electron chi connectivity index (χ3n) is 5.29. The first kappa shape index (κ1) is 21.0. The van der Waals surface area contributed by atoms with Crippen molar-refractivity contribution in [3.05, 3.63) is 47.1 Å². The van der Waals surface area contributed by atoms with Crippen molar-refractivity contribution in [2.24, 2.45) is 0 Å². The number of amides is 1. The van der Waals surface area contributed by atoms with E-state index in [1.807, 2.05) is 29.2 Å². The average Bonchev–Trinajstić information content (AvgIpc) is 3.16. The van der Waals surface area contributed by atoms with Crippen molar-refractivity contribution < 1.29 is 9.32 Å². The Bertz CT molecular complexity index is 840. The van der Waals surface area contributed by atoms with Gasteiger partial charge in [0.1, 0.15) is 0 Å². The molecule has 2 aromatic rings. The summed E-state index contributed by atoms with van der Waals surface area (Å²) < 4.78 is 5.24. The highest BCUT2D eigenvalue weighted by Gasteiger charge is 2.27. The Morgan fingerprint density at radius 2 is 2.07 bits per heavy atom. The van der Waals surface area contributed by atoms with Crippen LogP contribution in [-0.4, -0.2) is 51.5 Å². The number of carbonyl (C=O) groups excluding carboxylic acids is 1. The Balaban J connectivity index is 1.42. The van der Waals surface area contributed by atoms with Crippen molar-refractivity contribution in [2.75, 3.05) is 19.6 Å². The van der Waals surface area contributed by atoms with Gasteiger partial charge in [0, 0.05) is 51.5 Å². The molecule has 1 saturated heterocycles. The van der Waals surface area contributed by atoms with Crippen LogP contribution in [0.25, 0.3) is 0 Å². The van der Waals surface area contributed by atoms with Crippen molar-refractivity contribution >= 4 is 5.91 Å². The van der Waals surface area contributed by atoms with Crippen LogP contribution in [0, 0.1) is 11.3 Å². The summed E-state index contributed by atoms with van der Waals surface area (Å²) in [5, 5.41) is 12.9. The molecular formula is C22H29N5O2. The normalized spacial score (nSPS) is 17.3. The Morgan fingerprint density at radius 3 is 2.76 bits per heavy atom. The molecule has 29 heavy (non-hydrogen) atoms. The van der Waals surface area contributed by atoms with Crippen molar-refractivity contribution in [2.45, 2.75) is 58.5 Å². The molecule has 0 unspecified atom stereocenters. The van der Waals surface area contributed by atoms with Crippen LogP contribution in [-0.2, 0) is 24.2 Å². The molecule has 7 nitrogen and oxygen atoms in total. The molecule has 0 bridgehead atoms. The Labute approximate surface area is 172 Å². The van der Waals surface area contributed by atoms with Crippen LogP contribution >= 0.6 is 0 Å². The van der Waals surface area contributed by atoms with E-state index in [9.17, 15) is 4.79 Å². The maximum absolute atomic E-state index is 12.7. The second-order valence-corrected chi connectivity index (χ2v) is 7.69. The summed E-state index contributed by atoms with van der Waals surface area (Å²) in [7, 11) is 0. The average molecular weight is 396 g/mol. The minimum Gasteiger partial charge on any atom is -0.339 e. The maximum Gasteiger partial charge on any atom is 0.226 e. The van der Waals surface area contributed by atoms with E-state index in [-0.39, 0.29) is 11.9 Å². The third kappa shape index (κ3) is 5.88. The lowest BCUT2D eigenvalue weighted by Crippen LogP contribution is -2.53. The van der Waals surface area contributed by atoms with E-state index in [2.05, 4.69) is 35.0 Å². The first-order valence-corrected chi connectivity index (χ1v) is 10.4. The Hall–Kier alpha value is -2.72. The zero-order valence-corrected chi connectivity index (χ0v) is 17.3. The van der Waals surface area contributed by atoms with Crippen LogP contribution in [0.4, 0.5) is 0 Å². The molecule has 1 atom stereocenters. The highest BCUT2D eigenvalue weighted by molar-refractivity contribution is 5.76. The Morgan fingerprint density at radius 1 is 1.28 bits per heavy atom. The van der Waals surface area contributed by atoms with Gasteiger partial charge in [0.15, 0.2) is 5.82 Å². The van der Waals surface area contributed by atoms with Gasteiger partial charge in [-0.1, -0.05) is 24.2 Å². The lowest BCUT2D eigenvalue weighted by Gasteiger charge is -2.40. The zero-order valence-electron chi connectivity index (χ0n) is 17.3. The van der Waals surface area contributed by atoms with Crippen LogP contribution in [0.1, 0.15) is 56.0 Å². The topological polar surface area (TPSA) is 86.3 Å². The summed E-state index contributed by atoms with van der Waals surface area (Å²) in [6.07, 6.45) is 3.70. The smallest absolute Gasteiger partial charge is 0.226 e. The molecule has 0 radical (unpaired) electrons. The number of rotatable bonds is 8. The summed E-state index contributed by atoms with van der Waals surface area (Å²) in [6.45, 7) is 7.50. The van der Waals surface area contributed by atoms with E-state index < -0.39 is 0 Å². The molecule has 2 heterocycles. The van der Waals surface area contributed by atoms with Gasteiger partial charge in [-0.05, 0) is 37.5 Å². The van der Waals surface area contributed by atoms with Crippen molar-refractivity contribution in [1.29, 1.82) is 5.26 Å². The first-order valence-electron chi connectivity index (χ1n) is 10.4. The van der Waals surface area contributed by atoms with E-state index >= 15 is 0 Å². The molecule has 0 saturated carbocycles. The number of carbonyl (C=O) groups is 1. The van der Waals surface area contributed by atoms with Gasteiger partial charge in [-0.2, -0.15) is 10.2 Å². The summed E-state index contributed by atoms with van der Waals surface area (Å²) in [6, 6.07) is 10.1. The van der Waals surface area contributed by atoms with E-state index in [0.717, 1.165) is 51.3 Å². The maximum atomic E-state index is 12.7. The fourth-order valence-corrected chi connectivity index (χ4v) is 3.74. The van der Waals surface area contributed by atoms with E-state index in [4.69, 9.17) is 9.78 Å². The van der Waals surface area contributed by atoms with Crippen LogP contribution < -0.4 is 0 Å². The molecule has 1 aromatic heterocycles. The summed E-state index contributed by atoms with van der Waals surface area (Å²) in [4.78, 5) is 21.4. The molecule has 0 N–H and O–H groups in total. The number of nitriles is 1. The van der Waals surface area contributed by atoms with Gasteiger partial charge >= 0.3 is 0 Å². The van der Waals surface area contributed by atoms with Gasteiger partial charge in [-0.25, -0.2) is 0 Å². The lowest BCUT2D eigenvalue weighted by atomic mass is 10.1. The molecule has 1 fully saturated rings. The van der Waals surface area contributed by atoms with Gasteiger partial charge < -0.3 is 9.42 Å². The SMILES string of the molecule is CCCc1noc(CCCC(=O)N2CCN(Cc3ccc(C#N)cc3)C[C@@H]2C)n1. The van der Waals surface area contributed by atoms with E-state index in [1.54, 1.807) is 0 Å². The van der Waals surface area contributed by atoms with Crippen LogP contribution in [0.5, 0.6) is 0 Å². The van der Waals surface area contributed by atoms with Crippen LogP contribution in [0.15, 0.2) is 28.8 Å². The molecule has 1 aliphatic heterocycles. The highest BCUT2D eigenvalue weighted by Crippen LogP contribution is 2.16. The van der Waals surface area contributed by atoms with E-state index in [0.29, 0.717) is 24.3 Å². The predicted octanol–water partition coefficient (Wildman–Crippen LogP) is 2.95. The molecular weight excluding hydrogens is 366 g/mol. The number of aromatic nitrogens is 2. The molecule has 1 aromatic carbocycles. The van der Waals surface area contributed by atoms with Crippen LogP contribution in [0.2, 0.25) is 0 Å². The number of hydrogen-bond acceptors (Lipinski definition) is 6. The highest BCUT2D eigenvalue weighted by atomic mass is 16.5. The monoisotopic (exact) mass is 395 g/mol. The second kappa shape index (κ2) is 10.2. The fraction of sp³-hybridized carbons (Fsp3) is 0.545. The number of hydrogen-bond donors (Lipinski definition) is 0. The molecule has 0 spiro atoms. The molecule has 7 heteroatoms. The lowest BCUT2D eigenvalue weighted by molar-refractivity contribution is -0.135. The van der Waals surface area contributed by atoms with Gasteiger partial charge in [0.25, 0.3) is 0 Å². The number of aryl methyl sites for hydroxylation is 2. The fourth-order valence-electron chi connectivity index (χ4n) is 3.74. The van der Waals surface area contributed by atoms with Crippen molar-refractivity contribution in [1.82, 2.24) is 19.9 Å². The summed E-state index contributed by atoms with van der Waals surface area (Å²) >= 11 is 0. The second-order valence-electron chi connectivity index (χ2n) is 7.69. The number of piperazine rings is 1. The molecule has 1 amide bonds. The molecule has 154 valence electrons. The van der Waals surface area contributed by atoms with Gasteiger partial charge in [-0.3, -0.25) is 9.69 Å². The van der Waals surface area contributed by atoms with Crippen molar-refractivity contribution in [3.63, 3.8) is 0 Å². The van der Waals surface area contributed by atoms with Gasteiger partial charge in [0.05, 0.1) is 11.6 Å². The first-order chi connectivity index (χ1) is 14.1. The zero-order chi connectivity index (χ0) is 20.6. The standard InChI is InChI=1S/C22H29N5O2/c1-3-5-20-24-21(29-25-20)6-4-7-22(28)27-13-12-26(15-17(27)2)16-19-10-8-18(14-23)9-11-19/h8-11,17H,3-7,12-13,15-16H2,1-2H3/t17-/m0/s1. The summed E-state index contributed by atoms with van der Waals surface area (Å²) in [5.41, 5.74) is 1.87. The molecule has 0 aliphatic carbocycles.